The van der Waals surface area contributed by atoms with E-state index in [2.05, 4.69) is 4.99 Å². The van der Waals surface area contributed by atoms with Gasteiger partial charge in [0, 0.05) is 11.9 Å². The molecule has 0 radical (unpaired) electrons. The summed E-state index contributed by atoms with van der Waals surface area (Å²) in [6.07, 6.45) is 6.22. The van der Waals surface area contributed by atoms with Crippen LogP contribution >= 0.6 is 0 Å². The lowest BCUT2D eigenvalue weighted by Crippen LogP contribution is -2.30. The lowest BCUT2D eigenvalue weighted by molar-refractivity contribution is -0.138. The topological polar surface area (TPSA) is 58.9 Å². The molecule has 17 heavy (non-hydrogen) atoms. The highest BCUT2D eigenvalue weighted by Crippen LogP contribution is 2.45. The van der Waals surface area contributed by atoms with Crippen LogP contribution in [0, 0.1) is 5.41 Å². The minimum atomic E-state index is -0.519. The van der Waals surface area contributed by atoms with Gasteiger partial charge >= 0.3 is 5.97 Å². The van der Waals surface area contributed by atoms with Crippen molar-refractivity contribution in [2.75, 3.05) is 6.61 Å². The summed E-state index contributed by atoms with van der Waals surface area (Å²) in [5.41, 5.74) is 0.525. The largest absolute Gasteiger partial charge is 0.510 e. The van der Waals surface area contributed by atoms with E-state index in [9.17, 15) is 9.90 Å². The molecule has 0 aromatic carbocycles. The summed E-state index contributed by atoms with van der Waals surface area (Å²) in [6.45, 7) is 3.95. The number of aliphatic imine (C=N–C) groups is 1. The van der Waals surface area contributed by atoms with Crippen molar-refractivity contribution in [2.24, 2.45) is 10.4 Å². The maximum atomic E-state index is 11.7. The molecule has 1 atom stereocenters. The van der Waals surface area contributed by atoms with Crippen LogP contribution in [0.5, 0.6) is 0 Å². The molecule has 1 heterocycles. The maximum absolute atomic E-state index is 11.7. The number of esters is 1. The highest BCUT2D eigenvalue weighted by atomic mass is 16.5. The molecule has 0 aromatic rings. The molecule has 1 unspecified atom stereocenters. The maximum Gasteiger partial charge on any atom is 0.343 e. The first-order chi connectivity index (χ1) is 8.09. The van der Waals surface area contributed by atoms with Crippen LogP contribution in [0.2, 0.25) is 0 Å². The van der Waals surface area contributed by atoms with Crippen LogP contribution < -0.4 is 0 Å². The van der Waals surface area contributed by atoms with Crippen LogP contribution in [-0.2, 0) is 9.53 Å². The summed E-state index contributed by atoms with van der Waals surface area (Å²) in [6, 6.07) is 0. The zero-order chi connectivity index (χ0) is 12.5. The number of nitrogens with zero attached hydrogens (tertiary/aromatic N) is 1. The number of carbonyl (C=O) groups excluding carboxylic acids is 1. The first-order valence-corrected chi connectivity index (χ1v) is 5.95. The number of rotatable bonds is 2. The first kappa shape index (κ1) is 11.9. The van der Waals surface area contributed by atoms with Gasteiger partial charge in [-0.1, -0.05) is 6.08 Å². The molecule has 0 saturated carbocycles. The number of hydrogen-bond acceptors (Lipinski definition) is 4. The van der Waals surface area contributed by atoms with Gasteiger partial charge in [-0.2, -0.15) is 0 Å². The molecule has 1 aliphatic carbocycles. The molecule has 2 aliphatic rings. The zero-order valence-corrected chi connectivity index (χ0v) is 10.2. The van der Waals surface area contributed by atoms with Crippen LogP contribution in [0.1, 0.15) is 33.1 Å². The molecule has 0 bridgehead atoms. The molecule has 0 spiro atoms. The molecule has 2 rings (SSSR count). The molecule has 0 amide bonds. The monoisotopic (exact) mass is 235 g/mol. The molecule has 0 fully saturated rings. The third-order valence-corrected chi connectivity index (χ3v) is 3.39. The summed E-state index contributed by atoms with van der Waals surface area (Å²) < 4.78 is 4.91. The predicted molar refractivity (Wildman–Crippen MR) is 64.8 cm³/mol. The Morgan fingerprint density at radius 3 is 3.12 bits per heavy atom. The Morgan fingerprint density at radius 1 is 1.65 bits per heavy atom. The van der Waals surface area contributed by atoms with Crippen molar-refractivity contribution < 1.29 is 14.6 Å². The molecular weight excluding hydrogens is 218 g/mol. The van der Waals surface area contributed by atoms with Crippen molar-refractivity contribution in [3.05, 3.63) is 23.1 Å². The molecule has 4 heteroatoms. The fourth-order valence-corrected chi connectivity index (χ4v) is 2.33. The minimum absolute atomic E-state index is 0.0944. The Morgan fingerprint density at radius 2 is 2.41 bits per heavy atom. The van der Waals surface area contributed by atoms with Crippen molar-refractivity contribution in [1.29, 1.82) is 0 Å². The smallest absolute Gasteiger partial charge is 0.343 e. The number of carbonyl (C=O) groups is 1. The second-order valence-corrected chi connectivity index (χ2v) is 4.55. The number of aliphatic hydroxyl groups excluding tert-OH is 1. The van der Waals surface area contributed by atoms with Crippen LogP contribution in [0.15, 0.2) is 28.1 Å². The Bertz CT molecular complexity index is 434. The molecule has 0 aromatic heterocycles. The number of dihydropyridines is 1. The second kappa shape index (κ2) is 4.35. The summed E-state index contributed by atoms with van der Waals surface area (Å²) in [4.78, 5) is 16.0. The number of fused-ring (bicyclic) bond motifs is 1. The van der Waals surface area contributed by atoms with E-state index < -0.39 is 11.4 Å². The fraction of sp³-hybridized carbons (Fsp3) is 0.538. The predicted octanol–water partition coefficient (Wildman–Crippen LogP) is 2.52. The van der Waals surface area contributed by atoms with Gasteiger partial charge in [0.25, 0.3) is 0 Å². The molecular formula is C13H17NO3. The third-order valence-electron chi connectivity index (χ3n) is 3.39. The molecule has 1 N–H and O–H groups in total. The minimum Gasteiger partial charge on any atom is -0.510 e. The lowest BCUT2D eigenvalue weighted by atomic mass is 9.74. The van der Waals surface area contributed by atoms with Gasteiger partial charge in [-0.3, -0.25) is 4.99 Å². The standard InChI is InChI=1S/C13H17NO3/c1-3-17-12(16)9-8-14-10-6-4-5-7-13(10,2)11(9)15/h6,8,15H,3-5,7H2,1-2H3. The Hall–Kier alpha value is -1.58. The van der Waals surface area contributed by atoms with Gasteiger partial charge in [0.1, 0.15) is 11.3 Å². The highest BCUT2D eigenvalue weighted by Gasteiger charge is 2.40. The first-order valence-electron chi connectivity index (χ1n) is 5.95. The van der Waals surface area contributed by atoms with E-state index in [0.717, 1.165) is 25.0 Å². The highest BCUT2D eigenvalue weighted by molar-refractivity contribution is 6.11. The number of hydrogen-bond donors (Lipinski definition) is 1. The van der Waals surface area contributed by atoms with E-state index in [-0.39, 0.29) is 11.3 Å². The Balaban J connectivity index is 2.39. The molecule has 4 nitrogen and oxygen atoms in total. The second-order valence-electron chi connectivity index (χ2n) is 4.55. The average molecular weight is 235 g/mol. The van der Waals surface area contributed by atoms with Gasteiger partial charge < -0.3 is 9.84 Å². The van der Waals surface area contributed by atoms with Crippen LogP contribution in [0.4, 0.5) is 0 Å². The summed E-state index contributed by atoms with van der Waals surface area (Å²) in [7, 11) is 0. The van der Waals surface area contributed by atoms with Crippen molar-refractivity contribution in [1.82, 2.24) is 0 Å². The molecule has 0 saturated heterocycles. The van der Waals surface area contributed by atoms with Crippen molar-refractivity contribution in [2.45, 2.75) is 33.1 Å². The van der Waals surface area contributed by atoms with E-state index in [0.29, 0.717) is 6.61 Å². The van der Waals surface area contributed by atoms with Gasteiger partial charge in [-0.15, -0.1) is 0 Å². The van der Waals surface area contributed by atoms with Crippen molar-refractivity contribution >= 4 is 12.2 Å². The lowest BCUT2D eigenvalue weighted by Gasteiger charge is -2.35. The Labute approximate surface area is 101 Å². The van der Waals surface area contributed by atoms with E-state index in [1.807, 2.05) is 13.0 Å². The zero-order valence-electron chi connectivity index (χ0n) is 10.2. The summed E-state index contributed by atoms with van der Waals surface area (Å²) >= 11 is 0. The van der Waals surface area contributed by atoms with Crippen molar-refractivity contribution in [3.63, 3.8) is 0 Å². The normalized spacial score (nSPS) is 27.5. The SMILES string of the molecule is CCOC(=O)C1=C(O)C2(C)CCCC=C2N=C1. The van der Waals surface area contributed by atoms with Gasteiger partial charge in [0.2, 0.25) is 0 Å². The fourth-order valence-electron chi connectivity index (χ4n) is 2.33. The summed E-state index contributed by atoms with van der Waals surface area (Å²) in [5.74, 6) is -0.406. The number of allylic oxidation sites excluding steroid dienone is 1. The van der Waals surface area contributed by atoms with E-state index in [4.69, 9.17) is 4.74 Å². The molecule has 92 valence electrons. The average Bonchev–Trinajstić information content (AvgIpc) is 2.31. The molecule has 1 aliphatic heterocycles. The van der Waals surface area contributed by atoms with Gasteiger partial charge in [0.05, 0.1) is 12.0 Å². The van der Waals surface area contributed by atoms with E-state index in [1.54, 1.807) is 6.92 Å². The number of ether oxygens (including phenoxy) is 1. The Kier molecular flexibility index (Phi) is 3.05. The quantitative estimate of drug-likeness (QED) is 0.748. The van der Waals surface area contributed by atoms with Gasteiger partial charge in [-0.05, 0) is 33.1 Å². The van der Waals surface area contributed by atoms with Crippen LogP contribution in [-0.4, -0.2) is 23.9 Å². The summed E-state index contributed by atoms with van der Waals surface area (Å²) in [5, 5.41) is 10.3. The van der Waals surface area contributed by atoms with Crippen LogP contribution in [0.3, 0.4) is 0 Å². The van der Waals surface area contributed by atoms with E-state index in [1.165, 1.54) is 6.21 Å². The third kappa shape index (κ3) is 1.88. The van der Waals surface area contributed by atoms with Crippen LogP contribution in [0.25, 0.3) is 0 Å². The van der Waals surface area contributed by atoms with Gasteiger partial charge in [0.15, 0.2) is 0 Å². The van der Waals surface area contributed by atoms with E-state index >= 15 is 0 Å². The number of aliphatic hydroxyl groups is 1. The van der Waals surface area contributed by atoms with Crippen molar-refractivity contribution in [3.8, 4) is 0 Å². The van der Waals surface area contributed by atoms with Gasteiger partial charge in [-0.25, -0.2) is 4.79 Å².